The SMILES string of the molecule is CCC1CN(C(=O)CCNC)C(CC)CN1C(C)=O.Cl. The van der Waals surface area contributed by atoms with Crippen LogP contribution in [0.5, 0.6) is 0 Å². The molecule has 2 atom stereocenters. The van der Waals surface area contributed by atoms with Crippen molar-refractivity contribution in [3.63, 3.8) is 0 Å². The van der Waals surface area contributed by atoms with Gasteiger partial charge in [-0.3, -0.25) is 9.59 Å². The van der Waals surface area contributed by atoms with E-state index in [4.69, 9.17) is 0 Å². The van der Waals surface area contributed by atoms with Gasteiger partial charge in [0, 0.05) is 45.1 Å². The molecule has 0 radical (unpaired) electrons. The van der Waals surface area contributed by atoms with E-state index in [9.17, 15) is 9.59 Å². The average Bonchev–Trinajstić information content (AvgIpc) is 2.42. The molecule has 1 rings (SSSR count). The Morgan fingerprint density at radius 1 is 1.10 bits per heavy atom. The minimum Gasteiger partial charge on any atom is -0.336 e. The van der Waals surface area contributed by atoms with E-state index in [2.05, 4.69) is 19.2 Å². The lowest BCUT2D eigenvalue weighted by Gasteiger charge is -2.46. The van der Waals surface area contributed by atoms with Gasteiger partial charge in [0.25, 0.3) is 0 Å². The van der Waals surface area contributed by atoms with E-state index in [1.165, 1.54) is 0 Å². The van der Waals surface area contributed by atoms with Crippen LogP contribution in [0.4, 0.5) is 0 Å². The van der Waals surface area contributed by atoms with Gasteiger partial charge in [-0.15, -0.1) is 12.4 Å². The molecule has 1 fully saturated rings. The Morgan fingerprint density at radius 2 is 1.60 bits per heavy atom. The largest absolute Gasteiger partial charge is 0.336 e. The highest BCUT2D eigenvalue weighted by atomic mass is 35.5. The Labute approximate surface area is 128 Å². The summed E-state index contributed by atoms with van der Waals surface area (Å²) in [6.45, 7) is 7.83. The minimum atomic E-state index is 0. The van der Waals surface area contributed by atoms with Gasteiger partial charge in [0.2, 0.25) is 11.8 Å². The first-order chi connectivity index (χ1) is 9.04. The van der Waals surface area contributed by atoms with Crippen LogP contribution in [0.1, 0.15) is 40.0 Å². The van der Waals surface area contributed by atoms with Gasteiger partial charge in [0.15, 0.2) is 0 Å². The third-order valence-corrected chi connectivity index (χ3v) is 3.95. The van der Waals surface area contributed by atoms with Gasteiger partial charge >= 0.3 is 0 Å². The number of rotatable bonds is 5. The molecule has 1 N–H and O–H groups in total. The Balaban J connectivity index is 0.00000361. The number of hydrogen-bond acceptors (Lipinski definition) is 3. The van der Waals surface area contributed by atoms with E-state index >= 15 is 0 Å². The molecule has 1 saturated heterocycles. The van der Waals surface area contributed by atoms with Crippen molar-refractivity contribution in [2.45, 2.75) is 52.1 Å². The summed E-state index contributed by atoms with van der Waals surface area (Å²) in [5.74, 6) is 0.315. The van der Waals surface area contributed by atoms with Gasteiger partial charge in [-0.2, -0.15) is 0 Å². The molecule has 0 aromatic heterocycles. The predicted octanol–water partition coefficient (Wildman–Crippen LogP) is 1.27. The first-order valence-electron chi connectivity index (χ1n) is 7.26. The zero-order chi connectivity index (χ0) is 14.4. The summed E-state index contributed by atoms with van der Waals surface area (Å²) < 4.78 is 0. The number of carbonyl (C=O) groups excluding carboxylic acids is 2. The molecule has 6 heteroatoms. The monoisotopic (exact) mass is 305 g/mol. The molecule has 1 heterocycles. The number of nitrogens with one attached hydrogen (secondary N) is 1. The van der Waals surface area contributed by atoms with Crippen LogP contribution in [0.2, 0.25) is 0 Å². The molecule has 0 aromatic rings. The molecule has 0 aliphatic carbocycles. The van der Waals surface area contributed by atoms with Crippen molar-refractivity contribution < 1.29 is 9.59 Å². The maximum absolute atomic E-state index is 12.2. The van der Waals surface area contributed by atoms with Crippen LogP contribution in [-0.4, -0.2) is 60.4 Å². The highest BCUT2D eigenvalue weighted by Gasteiger charge is 2.35. The molecule has 0 bridgehead atoms. The van der Waals surface area contributed by atoms with Crippen LogP contribution < -0.4 is 5.32 Å². The fraction of sp³-hybridized carbons (Fsp3) is 0.857. The summed E-state index contributed by atoms with van der Waals surface area (Å²) in [6.07, 6.45) is 2.32. The Morgan fingerprint density at radius 3 is 2.05 bits per heavy atom. The van der Waals surface area contributed by atoms with Crippen molar-refractivity contribution in [3.05, 3.63) is 0 Å². The Bertz CT molecular complexity index is 326. The lowest BCUT2D eigenvalue weighted by atomic mass is 10.0. The molecule has 1 aliphatic rings. The van der Waals surface area contributed by atoms with Gasteiger partial charge in [0.05, 0.1) is 0 Å². The maximum Gasteiger partial charge on any atom is 0.224 e. The van der Waals surface area contributed by atoms with Crippen molar-refractivity contribution in [2.24, 2.45) is 0 Å². The molecule has 2 unspecified atom stereocenters. The average molecular weight is 306 g/mol. The number of nitrogens with zero attached hydrogens (tertiary/aromatic N) is 2. The molecule has 0 spiro atoms. The van der Waals surface area contributed by atoms with Crippen molar-refractivity contribution in [2.75, 3.05) is 26.7 Å². The third kappa shape index (κ3) is 4.63. The highest BCUT2D eigenvalue weighted by Crippen LogP contribution is 2.20. The predicted molar refractivity (Wildman–Crippen MR) is 83.0 cm³/mol. The Hall–Kier alpha value is -0.810. The van der Waals surface area contributed by atoms with Crippen LogP contribution in [0.25, 0.3) is 0 Å². The Kier molecular flexibility index (Phi) is 8.81. The number of piperazine rings is 1. The molecule has 0 saturated carbocycles. The number of halogens is 1. The summed E-state index contributed by atoms with van der Waals surface area (Å²) in [5, 5.41) is 3.01. The van der Waals surface area contributed by atoms with Gasteiger partial charge < -0.3 is 15.1 Å². The van der Waals surface area contributed by atoms with Crippen LogP contribution in [-0.2, 0) is 9.59 Å². The fourth-order valence-electron chi connectivity index (χ4n) is 2.71. The van der Waals surface area contributed by atoms with E-state index in [0.29, 0.717) is 26.1 Å². The highest BCUT2D eigenvalue weighted by molar-refractivity contribution is 5.85. The van der Waals surface area contributed by atoms with Crippen molar-refractivity contribution in [1.82, 2.24) is 15.1 Å². The van der Waals surface area contributed by atoms with Crippen LogP contribution >= 0.6 is 12.4 Å². The van der Waals surface area contributed by atoms with Crippen molar-refractivity contribution in [1.29, 1.82) is 0 Å². The molecular weight excluding hydrogens is 278 g/mol. The lowest BCUT2D eigenvalue weighted by Crippen LogP contribution is -2.60. The first-order valence-corrected chi connectivity index (χ1v) is 7.26. The minimum absolute atomic E-state index is 0. The topological polar surface area (TPSA) is 52.7 Å². The van der Waals surface area contributed by atoms with E-state index in [1.54, 1.807) is 6.92 Å². The van der Waals surface area contributed by atoms with Crippen LogP contribution in [0.3, 0.4) is 0 Å². The second-order valence-electron chi connectivity index (χ2n) is 5.20. The first kappa shape index (κ1) is 19.2. The second kappa shape index (κ2) is 9.19. The molecule has 0 aromatic carbocycles. The molecule has 1 aliphatic heterocycles. The van der Waals surface area contributed by atoms with E-state index in [-0.39, 0.29) is 36.3 Å². The summed E-state index contributed by atoms with van der Waals surface area (Å²) in [5.41, 5.74) is 0. The number of hydrogen-bond donors (Lipinski definition) is 1. The van der Waals surface area contributed by atoms with Crippen molar-refractivity contribution >= 4 is 24.2 Å². The van der Waals surface area contributed by atoms with Gasteiger partial charge in [0.1, 0.15) is 0 Å². The van der Waals surface area contributed by atoms with E-state index in [0.717, 1.165) is 12.8 Å². The van der Waals surface area contributed by atoms with Gasteiger partial charge in [-0.05, 0) is 19.9 Å². The zero-order valence-electron chi connectivity index (χ0n) is 13.0. The smallest absolute Gasteiger partial charge is 0.224 e. The summed E-state index contributed by atoms with van der Waals surface area (Å²) in [4.78, 5) is 27.8. The maximum atomic E-state index is 12.2. The van der Waals surface area contributed by atoms with Crippen LogP contribution in [0.15, 0.2) is 0 Å². The zero-order valence-corrected chi connectivity index (χ0v) is 13.8. The normalized spacial score (nSPS) is 22.4. The van der Waals surface area contributed by atoms with Gasteiger partial charge in [-0.25, -0.2) is 0 Å². The van der Waals surface area contributed by atoms with Crippen LogP contribution in [0, 0.1) is 0 Å². The lowest BCUT2D eigenvalue weighted by molar-refractivity contribution is -0.145. The van der Waals surface area contributed by atoms with E-state index < -0.39 is 0 Å². The molecule has 2 amide bonds. The second-order valence-corrected chi connectivity index (χ2v) is 5.20. The summed E-state index contributed by atoms with van der Waals surface area (Å²) in [7, 11) is 1.85. The third-order valence-electron chi connectivity index (χ3n) is 3.95. The molecule has 5 nitrogen and oxygen atoms in total. The van der Waals surface area contributed by atoms with E-state index in [1.807, 2.05) is 16.8 Å². The van der Waals surface area contributed by atoms with Crippen molar-refractivity contribution in [3.8, 4) is 0 Å². The quantitative estimate of drug-likeness (QED) is 0.832. The summed E-state index contributed by atoms with van der Waals surface area (Å²) >= 11 is 0. The molecular formula is C14H28ClN3O2. The fourth-order valence-corrected chi connectivity index (χ4v) is 2.71. The molecule has 20 heavy (non-hydrogen) atoms. The standard InChI is InChI=1S/C14H27N3O2.ClH/c1-5-12-10-17(14(19)7-8-15-4)13(6-2)9-16(12)11(3)18;/h12-13,15H,5-10H2,1-4H3;1H. The number of carbonyl (C=O) groups is 2. The molecule has 118 valence electrons. The number of amides is 2. The van der Waals surface area contributed by atoms with Gasteiger partial charge in [-0.1, -0.05) is 13.8 Å². The summed E-state index contributed by atoms with van der Waals surface area (Å²) in [6, 6.07) is 0.329.